The van der Waals surface area contributed by atoms with Crippen LogP contribution in [-0.4, -0.2) is 91.4 Å². The summed E-state index contributed by atoms with van der Waals surface area (Å²) in [5.41, 5.74) is 3.35. The maximum absolute atomic E-state index is 14.0. The second kappa shape index (κ2) is 14.5. The van der Waals surface area contributed by atoms with Gasteiger partial charge in [-0.1, -0.05) is 36.7 Å². The van der Waals surface area contributed by atoms with Crippen LogP contribution in [0.1, 0.15) is 73.9 Å². The highest BCUT2D eigenvalue weighted by Crippen LogP contribution is 2.50. The van der Waals surface area contributed by atoms with Gasteiger partial charge in [0.1, 0.15) is 5.75 Å². The summed E-state index contributed by atoms with van der Waals surface area (Å²) in [6, 6.07) is 12.0. The number of rotatable bonds is 4. The van der Waals surface area contributed by atoms with Crippen LogP contribution in [0.2, 0.25) is 5.02 Å². The molecule has 3 aliphatic heterocycles. The van der Waals surface area contributed by atoms with Gasteiger partial charge in [0.2, 0.25) is 0 Å². The van der Waals surface area contributed by atoms with Crippen molar-refractivity contribution in [2.75, 3.05) is 64.6 Å². The summed E-state index contributed by atoms with van der Waals surface area (Å²) in [7, 11) is -1.07. The third kappa shape index (κ3) is 6.97. The number of amides is 1. The summed E-state index contributed by atoms with van der Waals surface area (Å²) in [6.07, 6.45) is 11.5. The minimum absolute atomic E-state index is 0.0378. The standard InChI is InChI=1S/C40H54ClN3O5S/c1-28-7-5-16-40(47-3,17-18-43-19-21-48-22-20-43)35-12-9-32(35)25-44-26-39(15-6-8-30-23-33(41)11-13-34(30)39)27-49-37-14-10-31(24-36(37)44)38(45)42-50(4,46)29(28)2/h5,10-11,13-14,16,23-24,28-29,32,35H,4,6-9,12,15,17-22,25-27H2,1-3H3,(H,42,45,46)/b16-5+/t28-,29+,32-,35+,39-,40+,50?/m0/s1. The molecule has 1 spiro atoms. The number of fused-ring (bicyclic) bond motifs is 4. The van der Waals surface area contributed by atoms with Gasteiger partial charge in [0.25, 0.3) is 5.91 Å². The fourth-order valence-corrected chi connectivity index (χ4v) is 10.9. The molecule has 1 saturated carbocycles. The van der Waals surface area contributed by atoms with E-state index in [0.717, 1.165) is 107 Å². The fraction of sp³-hybridized carbons (Fsp3) is 0.600. The molecule has 3 heterocycles. The van der Waals surface area contributed by atoms with E-state index < -0.39 is 15.3 Å². The molecule has 8 nitrogen and oxygen atoms in total. The first-order chi connectivity index (χ1) is 24.0. The van der Waals surface area contributed by atoms with Crippen LogP contribution in [0.5, 0.6) is 5.75 Å². The van der Waals surface area contributed by atoms with Crippen LogP contribution in [0.15, 0.2) is 48.6 Å². The van der Waals surface area contributed by atoms with Gasteiger partial charge in [0, 0.05) is 61.1 Å². The molecule has 5 aliphatic rings. The van der Waals surface area contributed by atoms with Gasteiger partial charge >= 0.3 is 0 Å². The molecular formula is C40H54ClN3O5S. The van der Waals surface area contributed by atoms with Gasteiger partial charge < -0.3 is 19.1 Å². The molecule has 2 bridgehead atoms. The summed E-state index contributed by atoms with van der Waals surface area (Å²) >= 11 is 6.50. The number of benzene rings is 2. The predicted octanol–water partition coefficient (Wildman–Crippen LogP) is 6.29. The van der Waals surface area contributed by atoms with Gasteiger partial charge in [0.15, 0.2) is 0 Å². The molecule has 2 aromatic rings. The van der Waals surface area contributed by atoms with Crippen molar-refractivity contribution in [1.82, 2.24) is 9.62 Å². The zero-order chi connectivity index (χ0) is 35.1. The second-order valence-corrected chi connectivity index (χ2v) is 18.4. The molecule has 7 atom stereocenters. The summed E-state index contributed by atoms with van der Waals surface area (Å²) < 4.78 is 35.8. The number of nitrogens with zero attached hydrogens (tertiary/aromatic N) is 2. The average molecular weight is 724 g/mol. The van der Waals surface area contributed by atoms with E-state index in [-0.39, 0.29) is 22.5 Å². The van der Waals surface area contributed by atoms with Crippen LogP contribution in [0.25, 0.3) is 0 Å². The highest BCUT2D eigenvalue weighted by Gasteiger charge is 2.49. The molecule has 2 aliphatic carbocycles. The Balaban J connectivity index is 1.30. The lowest BCUT2D eigenvalue weighted by Gasteiger charge is -2.51. The summed E-state index contributed by atoms with van der Waals surface area (Å²) in [5, 5.41) is 0.439. The van der Waals surface area contributed by atoms with Crippen LogP contribution in [0, 0.1) is 17.8 Å². The first-order valence-electron chi connectivity index (χ1n) is 18.5. The smallest absolute Gasteiger partial charge is 0.262 e. The van der Waals surface area contributed by atoms with Crippen LogP contribution in [0.4, 0.5) is 5.69 Å². The molecular weight excluding hydrogens is 670 g/mol. The number of methoxy groups -OCH3 is 1. The number of anilines is 1. The van der Waals surface area contributed by atoms with Gasteiger partial charge in [0.05, 0.1) is 40.8 Å². The maximum atomic E-state index is 14.0. The highest BCUT2D eigenvalue weighted by molar-refractivity contribution is 7.99. The highest BCUT2D eigenvalue weighted by atomic mass is 35.5. The molecule has 272 valence electrons. The molecule has 2 aromatic carbocycles. The van der Waals surface area contributed by atoms with E-state index in [1.54, 1.807) is 6.07 Å². The van der Waals surface area contributed by atoms with Crippen LogP contribution in [0.3, 0.4) is 0 Å². The molecule has 7 rings (SSSR count). The van der Waals surface area contributed by atoms with Gasteiger partial charge in [-0.15, -0.1) is 0 Å². The number of halogens is 1. The van der Waals surface area contributed by atoms with Crippen molar-refractivity contribution in [3.8, 4) is 5.75 Å². The van der Waals surface area contributed by atoms with Crippen molar-refractivity contribution >= 4 is 38.8 Å². The Morgan fingerprint density at radius 1 is 1.14 bits per heavy atom. The Morgan fingerprint density at radius 2 is 1.96 bits per heavy atom. The Bertz CT molecular complexity index is 1710. The lowest BCUT2D eigenvalue weighted by molar-refractivity contribution is -0.0865. The van der Waals surface area contributed by atoms with E-state index >= 15 is 0 Å². The van der Waals surface area contributed by atoms with E-state index in [1.165, 1.54) is 11.1 Å². The number of ether oxygens (including phenoxy) is 3. The zero-order valence-corrected chi connectivity index (χ0v) is 31.5. The molecule has 1 saturated heterocycles. The lowest BCUT2D eigenvalue weighted by Crippen LogP contribution is -2.54. The number of hydrogen-bond donors (Lipinski definition) is 1. The molecule has 1 N–H and O–H groups in total. The van der Waals surface area contributed by atoms with Crippen LogP contribution < -0.4 is 14.4 Å². The molecule has 0 radical (unpaired) electrons. The zero-order valence-electron chi connectivity index (χ0n) is 30.0. The normalized spacial score (nSPS) is 35.5. The summed E-state index contributed by atoms with van der Waals surface area (Å²) in [6.45, 7) is 10.5. The number of allylic oxidation sites excluding steroid dienone is 1. The van der Waals surface area contributed by atoms with Crippen molar-refractivity contribution in [2.45, 2.75) is 75.1 Å². The van der Waals surface area contributed by atoms with Crippen molar-refractivity contribution < 1.29 is 23.2 Å². The van der Waals surface area contributed by atoms with E-state index in [9.17, 15) is 9.00 Å². The second-order valence-electron chi connectivity index (χ2n) is 15.6. The van der Waals surface area contributed by atoms with E-state index in [4.69, 9.17) is 25.8 Å². The number of nitrogens with one attached hydrogen (secondary N) is 1. The van der Waals surface area contributed by atoms with E-state index in [0.29, 0.717) is 24.0 Å². The Labute approximate surface area is 304 Å². The lowest BCUT2D eigenvalue weighted by atomic mass is 9.63. The third-order valence-electron chi connectivity index (χ3n) is 12.7. The number of carbonyl (C=O) groups is 1. The predicted molar refractivity (Wildman–Crippen MR) is 203 cm³/mol. The molecule has 50 heavy (non-hydrogen) atoms. The first-order valence-corrected chi connectivity index (χ1v) is 20.7. The SMILES string of the molecule is C=S1(=O)NC(=O)c2ccc3c(c2)N(C[C@@H]2CC[C@H]2[C@@](CCN2CCOCC2)(OC)/C=C/C[C@H](C)[C@H]1C)C[C@@]1(CCCc2cc(Cl)ccc21)CO3. The monoisotopic (exact) mass is 723 g/mol. The van der Waals surface area contributed by atoms with Crippen LogP contribution in [-0.2, 0) is 31.0 Å². The summed E-state index contributed by atoms with van der Waals surface area (Å²) in [5.74, 6) is 5.22. The topological polar surface area (TPSA) is 80.3 Å². The Morgan fingerprint density at radius 3 is 2.72 bits per heavy atom. The molecule has 1 amide bonds. The fourth-order valence-electron chi connectivity index (χ4n) is 9.20. The van der Waals surface area contributed by atoms with Crippen molar-refractivity contribution in [2.24, 2.45) is 17.8 Å². The number of aryl methyl sites for hydroxylation is 1. The van der Waals surface area contributed by atoms with Gasteiger partial charge in [-0.05, 0) is 117 Å². The van der Waals surface area contributed by atoms with Crippen molar-refractivity contribution in [3.05, 3.63) is 70.3 Å². The van der Waals surface area contributed by atoms with Gasteiger partial charge in [-0.25, -0.2) is 4.21 Å². The van der Waals surface area contributed by atoms with Crippen molar-refractivity contribution in [1.29, 1.82) is 0 Å². The minimum atomic E-state index is -2.94. The Kier molecular flexibility index (Phi) is 10.4. The quantitative estimate of drug-likeness (QED) is 0.294. The number of hydrogen-bond acceptors (Lipinski definition) is 7. The largest absolute Gasteiger partial charge is 0.490 e. The molecule has 2 fully saturated rings. The first kappa shape index (κ1) is 35.8. The number of carbonyl (C=O) groups excluding carboxylic acids is 1. The van der Waals surface area contributed by atoms with Gasteiger partial charge in [-0.2, -0.15) is 0 Å². The van der Waals surface area contributed by atoms with Crippen LogP contribution >= 0.6 is 11.6 Å². The number of morpholine rings is 1. The average Bonchev–Trinajstić information content (AvgIpc) is 3.25. The van der Waals surface area contributed by atoms with E-state index in [1.807, 2.05) is 32.2 Å². The van der Waals surface area contributed by atoms with E-state index in [2.05, 4.69) is 51.6 Å². The Hall–Kier alpha value is -2.56. The maximum Gasteiger partial charge on any atom is 0.262 e. The molecule has 10 heteroatoms. The van der Waals surface area contributed by atoms with Gasteiger partial charge in [-0.3, -0.25) is 14.4 Å². The third-order valence-corrected chi connectivity index (χ3v) is 15.1. The summed E-state index contributed by atoms with van der Waals surface area (Å²) in [4.78, 5) is 18.7. The molecule has 1 unspecified atom stereocenters. The minimum Gasteiger partial charge on any atom is -0.490 e. The molecule has 0 aromatic heterocycles. The van der Waals surface area contributed by atoms with Crippen molar-refractivity contribution in [3.63, 3.8) is 0 Å².